The van der Waals surface area contributed by atoms with Crippen LogP contribution in [0.4, 0.5) is 0 Å². The highest BCUT2D eigenvalue weighted by atomic mass is 32.2. The van der Waals surface area contributed by atoms with Crippen molar-refractivity contribution < 1.29 is 4.79 Å². The van der Waals surface area contributed by atoms with Gasteiger partial charge in [0.25, 0.3) is 0 Å². The molecule has 0 aromatic rings. The standard InChI is InChI=1S/C11H21NOS/c1-11(9-13,14-3)12(2)10-7-5-4-6-8-10/h9-10H,4-8H2,1-3H3. The Labute approximate surface area is 91.4 Å². The molecule has 0 aromatic carbocycles. The lowest BCUT2D eigenvalue weighted by Gasteiger charge is -2.40. The van der Waals surface area contributed by atoms with E-state index in [4.69, 9.17) is 0 Å². The second kappa shape index (κ2) is 5.17. The van der Waals surface area contributed by atoms with E-state index >= 15 is 0 Å². The van der Waals surface area contributed by atoms with Gasteiger partial charge < -0.3 is 4.79 Å². The first-order valence-corrected chi connectivity index (χ1v) is 6.61. The molecule has 0 heterocycles. The molecule has 82 valence electrons. The Hall–Kier alpha value is -0.0200. The van der Waals surface area contributed by atoms with Crippen molar-refractivity contribution in [3.63, 3.8) is 0 Å². The number of aldehydes is 1. The van der Waals surface area contributed by atoms with Gasteiger partial charge in [0.1, 0.15) is 11.2 Å². The van der Waals surface area contributed by atoms with Crippen molar-refractivity contribution in [1.29, 1.82) is 0 Å². The van der Waals surface area contributed by atoms with Gasteiger partial charge in [-0.3, -0.25) is 4.90 Å². The molecule has 0 amide bonds. The maximum Gasteiger partial charge on any atom is 0.150 e. The lowest BCUT2D eigenvalue weighted by Crippen LogP contribution is -2.48. The van der Waals surface area contributed by atoms with Crippen LogP contribution in [-0.2, 0) is 4.79 Å². The molecule has 0 radical (unpaired) electrons. The normalized spacial score (nSPS) is 23.4. The minimum Gasteiger partial charge on any atom is -0.300 e. The summed E-state index contributed by atoms with van der Waals surface area (Å²) in [6.07, 6.45) is 9.58. The van der Waals surface area contributed by atoms with Gasteiger partial charge in [0.15, 0.2) is 0 Å². The molecule has 0 bridgehead atoms. The third-order valence-corrected chi connectivity index (χ3v) is 4.67. The highest BCUT2D eigenvalue weighted by Gasteiger charge is 2.33. The van der Waals surface area contributed by atoms with Gasteiger partial charge in [-0.2, -0.15) is 0 Å². The maximum absolute atomic E-state index is 11.1. The summed E-state index contributed by atoms with van der Waals surface area (Å²) in [5.41, 5.74) is 0. The predicted octanol–water partition coefficient (Wildman–Crippen LogP) is 2.53. The maximum atomic E-state index is 11.1. The van der Waals surface area contributed by atoms with E-state index in [0.717, 1.165) is 6.29 Å². The Morgan fingerprint density at radius 2 is 1.93 bits per heavy atom. The largest absolute Gasteiger partial charge is 0.300 e. The van der Waals surface area contributed by atoms with Crippen LogP contribution in [0.2, 0.25) is 0 Å². The second-order valence-corrected chi connectivity index (χ2v) is 5.51. The molecule has 1 aliphatic rings. The first-order chi connectivity index (χ1) is 6.64. The van der Waals surface area contributed by atoms with Gasteiger partial charge in [0, 0.05) is 6.04 Å². The molecule has 14 heavy (non-hydrogen) atoms. The Morgan fingerprint density at radius 3 is 2.36 bits per heavy atom. The Balaban J connectivity index is 2.60. The summed E-state index contributed by atoms with van der Waals surface area (Å²) < 4.78 is 0. The molecule has 1 atom stereocenters. The third-order valence-electron chi connectivity index (χ3n) is 3.45. The molecular weight excluding hydrogens is 194 g/mol. The fourth-order valence-corrected chi connectivity index (χ4v) is 2.64. The van der Waals surface area contributed by atoms with Crippen molar-refractivity contribution >= 4 is 18.0 Å². The molecule has 0 N–H and O–H groups in total. The zero-order chi connectivity index (χ0) is 10.6. The van der Waals surface area contributed by atoms with E-state index in [0.29, 0.717) is 6.04 Å². The summed E-state index contributed by atoms with van der Waals surface area (Å²) in [6, 6.07) is 0.603. The van der Waals surface area contributed by atoms with Crippen LogP contribution in [0, 0.1) is 0 Å². The fraction of sp³-hybridized carbons (Fsp3) is 0.909. The van der Waals surface area contributed by atoms with E-state index in [-0.39, 0.29) is 4.87 Å². The lowest BCUT2D eigenvalue weighted by atomic mass is 9.94. The van der Waals surface area contributed by atoms with Crippen molar-refractivity contribution in [2.24, 2.45) is 0 Å². The predicted molar refractivity (Wildman–Crippen MR) is 62.6 cm³/mol. The SMILES string of the molecule is CSC(C)(C=O)N(C)C1CCCCC1. The summed E-state index contributed by atoms with van der Waals surface area (Å²) in [5, 5.41) is 0. The quantitative estimate of drug-likeness (QED) is 0.531. The van der Waals surface area contributed by atoms with E-state index < -0.39 is 0 Å². The summed E-state index contributed by atoms with van der Waals surface area (Å²) in [7, 11) is 2.08. The molecule has 1 saturated carbocycles. The van der Waals surface area contributed by atoms with Gasteiger partial charge >= 0.3 is 0 Å². The van der Waals surface area contributed by atoms with Crippen molar-refractivity contribution in [3.8, 4) is 0 Å². The highest BCUT2D eigenvalue weighted by molar-refractivity contribution is 8.00. The first kappa shape index (κ1) is 12.1. The van der Waals surface area contributed by atoms with Crippen LogP contribution in [0.1, 0.15) is 39.0 Å². The molecular formula is C11H21NOS. The lowest BCUT2D eigenvalue weighted by molar-refractivity contribution is -0.113. The summed E-state index contributed by atoms with van der Waals surface area (Å²) >= 11 is 1.63. The summed E-state index contributed by atoms with van der Waals surface area (Å²) in [6.45, 7) is 2.01. The Morgan fingerprint density at radius 1 is 1.36 bits per heavy atom. The molecule has 0 aromatic heterocycles. The molecule has 3 heteroatoms. The van der Waals surface area contributed by atoms with Gasteiger partial charge in [-0.1, -0.05) is 19.3 Å². The Bertz CT molecular complexity index is 192. The van der Waals surface area contributed by atoms with Gasteiger partial charge in [-0.15, -0.1) is 11.8 Å². The second-order valence-electron chi connectivity index (χ2n) is 4.28. The number of carbonyl (C=O) groups is 1. The topological polar surface area (TPSA) is 20.3 Å². The van der Waals surface area contributed by atoms with Crippen LogP contribution in [0.15, 0.2) is 0 Å². The number of carbonyl (C=O) groups excluding carboxylic acids is 1. The van der Waals surface area contributed by atoms with Crippen LogP contribution in [0.25, 0.3) is 0 Å². The van der Waals surface area contributed by atoms with Gasteiger partial charge in [-0.05, 0) is 33.1 Å². The summed E-state index contributed by atoms with van der Waals surface area (Å²) in [5.74, 6) is 0. The molecule has 1 fully saturated rings. The van der Waals surface area contributed by atoms with Gasteiger partial charge in [0.05, 0.1) is 0 Å². The average molecular weight is 215 g/mol. The molecule has 1 rings (SSSR count). The summed E-state index contributed by atoms with van der Waals surface area (Å²) in [4.78, 5) is 13.0. The van der Waals surface area contributed by atoms with Gasteiger partial charge in [0.2, 0.25) is 0 Å². The van der Waals surface area contributed by atoms with Crippen molar-refractivity contribution in [2.45, 2.75) is 49.9 Å². The van der Waals surface area contributed by atoms with Crippen LogP contribution >= 0.6 is 11.8 Å². The number of thioether (sulfide) groups is 1. The van der Waals surface area contributed by atoms with E-state index in [1.54, 1.807) is 11.8 Å². The van der Waals surface area contributed by atoms with Crippen LogP contribution in [-0.4, -0.2) is 35.4 Å². The smallest absolute Gasteiger partial charge is 0.150 e. The van der Waals surface area contributed by atoms with E-state index in [1.807, 2.05) is 13.2 Å². The van der Waals surface area contributed by atoms with Crippen LogP contribution in [0.3, 0.4) is 0 Å². The van der Waals surface area contributed by atoms with Crippen LogP contribution < -0.4 is 0 Å². The zero-order valence-corrected chi connectivity index (χ0v) is 10.3. The number of nitrogens with zero attached hydrogens (tertiary/aromatic N) is 1. The molecule has 0 spiro atoms. The monoisotopic (exact) mass is 215 g/mol. The number of hydrogen-bond donors (Lipinski definition) is 0. The van der Waals surface area contributed by atoms with E-state index in [1.165, 1.54) is 32.1 Å². The van der Waals surface area contributed by atoms with E-state index in [9.17, 15) is 4.79 Å². The zero-order valence-electron chi connectivity index (χ0n) is 9.45. The third kappa shape index (κ3) is 2.51. The number of rotatable bonds is 4. The minimum atomic E-state index is -0.331. The van der Waals surface area contributed by atoms with E-state index in [2.05, 4.69) is 11.9 Å². The Kier molecular flexibility index (Phi) is 4.45. The highest BCUT2D eigenvalue weighted by Crippen LogP contribution is 2.31. The molecule has 0 saturated heterocycles. The number of likely N-dealkylation sites (N-methyl/N-ethyl adjacent to an activating group) is 1. The fourth-order valence-electron chi connectivity index (χ4n) is 2.11. The molecule has 2 nitrogen and oxygen atoms in total. The van der Waals surface area contributed by atoms with Crippen molar-refractivity contribution in [3.05, 3.63) is 0 Å². The first-order valence-electron chi connectivity index (χ1n) is 5.38. The van der Waals surface area contributed by atoms with Crippen molar-refractivity contribution in [1.82, 2.24) is 4.90 Å². The minimum absolute atomic E-state index is 0.331. The molecule has 0 aliphatic heterocycles. The van der Waals surface area contributed by atoms with Gasteiger partial charge in [-0.25, -0.2) is 0 Å². The molecule has 1 unspecified atom stereocenters. The molecule has 1 aliphatic carbocycles. The van der Waals surface area contributed by atoms with Crippen molar-refractivity contribution in [2.75, 3.05) is 13.3 Å². The average Bonchev–Trinajstić information content (AvgIpc) is 2.28. The number of hydrogen-bond acceptors (Lipinski definition) is 3. The van der Waals surface area contributed by atoms with Crippen LogP contribution in [0.5, 0.6) is 0 Å².